The van der Waals surface area contributed by atoms with Crippen LogP contribution in [0.25, 0.3) is 10.2 Å². The summed E-state index contributed by atoms with van der Waals surface area (Å²) < 4.78 is 1.01. The molecule has 0 saturated heterocycles. The molecule has 5 heteroatoms. The number of aromatic nitrogens is 1. The number of hydrogen-bond acceptors (Lipinski definition) is 4. The number of benzene rings is 1. The lowest BCUT2D eigenvalue weighted by molar-refractivity contribution is 0.186. The average molecular weight is 229 g/mol. The molecular formula is C9H9ClN2OS. The van der Waals surface area contributed by atoms with Gasteiger partial charge in [-0.15, -0.1) is 11.3 Å². The van der Waals surface area contributed by atoms with E-state index in [0.29, 0.717) is 10.0 Å². The van der Waals surface area contributed by atoms with Crippen molar-refractivity contribution in [1.82, 2.24) is 4.98 Å². The van der Waals surface area contributed by atoms with E-state index >= 15 is 0 Å². The van der Waals surface area contributed by atoms with Crippen LogP contribution < -0.4 is 5.73 Å². The molecule has 0 fully saturated rings. The third-order valence-electron chi connectivity index (χ3n) is 1.87. The van der Waals surface area contributed by atoms with E-state index in [1.54, 1.807) is 12.1 Å². The quantitative estimate of drug-likeness (QED) is 0.826. The van der Waals surface area contributed by atoms with Gasteiger partial charge in [0.05, 0.1) is 10.2 Å². The maximum atomic E-state index is 9.49. The fraction of sp³-hybridized carbons (Fsp3) is 0.222. The molecule has 1 heterocycles. The van der Waals surface area contributed by atoms with Crippen molar-refractivity contribution in [2.45, 2.75) is 6.10 Å². The Morgan fingerprint density at radius 2 is 2.36 bits per heavy atom. The molecule has 0 radical (unpaired) electrons. The van der Waals surface area contributed by atoms with Gasteiger partial charge in [0, 0.05) is 11.6 Å². The monoisotopic (exact) mass is 228 g/mol. The largest absolute Gasteiger partial charge is 0.385 e. The third-order valence-corrected chi connectivity index (χ3v) is 3.25. The van der Waals surface area contributed by atoms with Crippen LogP contribution in [0.3, 0.4) is 0 Å². The Bertz CT molecular complexity index is 457. The van der Waals surface area contributed by atoms with Gasteiger partial charge in [-0.25, -0.2) is 4.98 Å². The topological polar surface area (TPSA) is 59.1 Å². The maximum absolute atomic E-state index is 9.49. The maximum Gasteiger partial charge on any atom is 0.124 e. The molecular weight excluding hydrogens is 220 g/mol. The Morgan fingerprint density at radius 1 is 1.57 bits per heavy atom. The Balaban J connectivity index is 2.51. The molecule has 1 aromatic carbocycles. The van der Waals surface area contributed by atoms with Crippen LogP contribution in [-0.2, 0) is 0 Å². The standard InChI is InChI=1S/C9H9ClN2OS/c10-5-1-2-8-6(3-5)12-9(14-8)7(13)4-11/h1-3,7,13H,4,11H2. The van der Waals surface area contributed by atoms with Crippen molar-refractivity contribution in [2.75, 3.05) is 6.54 Å². The van der Waals surface area contributed by atoms with Gasteiger partial charge in [0.2, 0.25) is 0 Å². The molecule has 2 aromatic rings. The number of thiazole rings is 1. The van der Waals surface area contributed by atoms with E-state index in [2.05, 4.69) is 4.98 Å². The van der Waals surface area contributed by atoms with Crippen LogP contribution in [0.1, 0.15) is 11.1 Å². The Kier molecular flexibility index (Phi) is 2.69. The Hall–Kier alpha value is -0.680. The van der Waals surface area contributed by atoms with Crippen LogP contribution in [-0.4, -0.2) is 16.6 Å². The summed E-state index contributed by atoms with van der Waals surface area (Å²) in [7, 11) is 0. The molecule has 14 heavy (non-hydrogen) atoms. The molecule has 0 aliphatic heterocycles. The number of nitrogens with two attached hydrogens (primary N) is 1. The summed E-state index contributed by atoms with van der Waals surface area (Å²) >= 11 is 7.26. The molecule has 3 N–H and O–H groups in total. The van der Waals surface area contributed by atoms with Gasteiger partial charge < -0.3 is 10.8 Å². The minimum atomic E-state index is -0.675. The SMILES string of the molecule is NCC(O)c1nc2cc(Cl)ccc2s1. The van der Waals surface area contributed by atoms with Gasteiger partial charge in [0.15, 0.2) is 0 Å². The summed E-state index contributed by atoms with van der Waals surface area (Å²) in [6.07, 6.45) is -0.675. The summed E-state index contributed by atoms with van der Waals surface area (Å²) in [6, 6.07) is 5.48. The highest BCUT2D eigenvalue weighted by atomic mass is 35.5. The molecule has 3 nitrogen and oxygen atoms in total. The van der Waals surface area contributed by atoms with Gasteiger partial charge in [-0.1, -0.05) is 11.6 Å². The molecule has 74 valence electrons. The smallest absolute Gasteiger partial charge is 0.124 e. The van der Waals surface area contributed by atoms with Gasteiger partial charge in [-0.05, 0) is 18.2 Å². The zero-order valence-electron chi connectivity index (χ0n) is 7.27. The highest BCUT2D eigenvalue weighted by molar-refractivity contribution is 7.18. The van der Waals surface area contributed by atoms with Gasteiger partial charge in [-0.2, -0.15) is 0 Å². The number of rotatable bonds is 2. The zero-order chi connectivity index (χ0) is 10.1. The molecule has 0 aliphatic carbocycles. The molecule has 1 aromatic heterocycles. The Morgan fingerprint density at radius 3 is 3.07 bits per heavy atom. The van der Waals surface area contributed by atoms with E-state index < -0.39 is 6.10 Å². The molecule has 1 unspecified atom stereocenters. The van der Waals surface area contributed by atoms with E-state index in [-0.39, 0.29) is 6.54 Å². The molecule has 1 atom stereocenters. The fourth-order valence-corrected chi connectivity index (χ4v) is 2.27. The van der Waals surface area contributed by atoms with Crippen molar-refractivity contribution in [3.05, 3.63) is 28.2 Å². The van der Waals surface area contributed by atoms with E-state index in [1.807, 2.05) is 6.07 Å². The molecule has 0 saturated carbocycles. The van der Waals surface area contributed by atoms with E-state index in [1.165, 1.54) is 11.3 Å². The molecule has 0 bridgehead atoms. The van der Waals surface area contributed by atoms with Gasteiger partial charge in [0.25, 0.3) is 0 Å². The van der Waals surface area contributed by atoms with E-state index in [9.17, 15) is 5.11 Å². The van der Waals surface area contributed by atoms with Crippen LogP contribution in [0, 0.1) is 0 Å². The van der Waals surface area contributed by atoms with Crippen molar-refractivity contribution in [1.29, 1.82) is 0 Å². The Labute approximate surface area is 90.1 Å². The predicted molar refractivity (Wildman–Crippen MR) is 58.6 cm³/mol. The second kappa shape index (κ2) is 3.82. The van der Waals surface area contributed by atoms with E-state index in [0.717, 1.165) is 10.2 Å². The minimum absolute atomic E-state index is 0.188. The van der Waals surface area contributed by atoms with Crippen molar-refractivity contribution in [2.24, 2.45) is 5.73 Å². The molecule has 0 amide bonds. The third kappa shape index (κ3) is 1.74. The first kappa shape index (κ1) is 9.86. The molecule has 0 aliphatic rings. The van der Waals surface area contributed by atoms with E-state index in [4.69, 9.17) is 17.3 Å². The highest BCUT2D eigenvalue weighted by Gasteiger charge is 2.11. The number of aliphatic hydroxyl groups excluding tert-OH is 1. The summed E-state index contributed by atoms with van der Waals surface area (Å²) in [5.74, 6) is 0. The van der Waals surface area contributed by atoms with Crippen LogP contribution in [0.15, 0.2) is 18.2 Å². The van der Waals surface area contributed by atoms with Crippen molar-refractivity contribution < 1.29 is 5.11 Å². The number of halogens is 1. The first-order valence-corrected chi connectivity index (χ1v) is 5.34. The lowest BCUT2D eigenvalue weighted by Gasteiger charge is -2.00. The minimum Gasteiger partial charge on any atom is -0.385 e. The van der Waals surface area contributed by atoms with Gasteiger partial charge in [-0.3, -0.25) is 0 Å². The van der Waals surface area contributed by atoms with Crippen LogP contribution >= 0.6 is 22.9 Å². The number of hydrogen-bond donors (Lipinski definition) is 2. The lowest BCUT2D eigenvalue weighted by atomic mass is 10.3. The second-order valence-corrected chi connectivity index (χ2v) is 4.41. The first-order chi connectivity index (χ1) is 6.70. The predicted octanol–water partition coefficient (Wildman–Crippen LogP) is 1.94. The summed E-state index contributed by atoms with van der Waals surface area (Å²) in [5, 5.41) is 10.8. The lowest BCUT2D eigenvalue weighted by Crippen LogP contribution is -2.10. The normalized spacial score (nSPS) is 13.4. The number of aliphatic hydroxyl groups is 1. The molecule has 0 spiro atoms. The van der Waals surface area contributed by atoms with Crippen molar-refractivity contribution in [3.63, 3.8) is 0 Å². The van der Waals surface area contributed by atoms with Crippen molar-refractivity contribution >= 4 is 33.2 Å². The second-order valence-electron chi connectivity index (χ2n) is 2.92. The van der Waals surface area contributed by atoms with Gasteiger partial charge >= 0.3 is 0 Å². The number of nitrogens with zero attached hydrogens (tertiary/aromatic N) is 1. The fourth-order valence-electron chi connectivity index (χ4n) is 1.16. The van der Waals surface area contributed by atoms with Crippen LogP contribution in [0.4, 0.5) is 0 Å². The molecule has 2 rings (SSSR count). The number of fused-ring (bicyclic) bond motifs is 1. The van der Waals surface area contributed by atoms with Crippen LogP contribution in [0.5, 0.6) is 0 Å². The summed E-state index contributed by atoms with van der Waals surface area (Å²) in [4.78, 5) is 4.25. The average Bonchev–Trinajstić information content (AvgIpc) is 2.59. The summed E-state index contributed by atoms with van der Waals surface area (Å²) in [6.45, 7) is 0.188. The zero-order valence-corrected chi connectivity index (χ0v) is 8.85. The van der Waals surface area contributed by atoms with Gasteiger partial charge in [0.1, 0.15) is 11.1 Å². The highest BCUT2D eigenvalue weighted by Crippen LogP contribution is 2.27. The van der Waals surface area contributed by atoms with Crippen LogP contribution in [0.2, 0.25) is 5.02 Å². The summed E-state index contributed by atoms with van der Waals surface area (Å²) in [5.41, 5.74) is 6.16. The van der Waals surface area contributed by atoms with Crippen molar-refractivity contribution in [3.8, 4) is 0 Å². The first-order valence-electron chi connectivity index (χ1n) is 4.15.